The second kappa shape index (κ2) is 7.15. The average molecular weight is 400 g/mol. The van der Waals surface area contributed by atoms with Crippen LogP contribution in [-0.4, -0.2) is 28.2 Å². The zero-order valence-corrected chi connectivity index (χ0v) is 15.4. The summed E-state index contributed by atoms with van der Waals surface area (Å²) < 4.78 is 38.4. The van der Waals surface area contributed by atoms with Crippen molar-refractivity contribution in [2.75, 3.05) is 24.1 Å². The fraction of sp³-hybridized carbons (Fsp3) is 0.176. The fourth-order valence-corrected chi connectivity index (χ4v) is 4.61. The minimum absolute atomic E-state index is 0.0603. The third-order valence-corrected chi connectivity index (χ3v) is 6.08. The average Bonchev–Trinajstić information content (AvgIpc) is 2.61. The number of sulfonamides is 1. The highest BCUT2D eigenvalue weighted by atomic mass is 35.5. The molecule has 8 heteroatoms. The van der Waals surface area contributed by atoms with E-state index in [0.717, 1.165) is 0 Å². The number of rotatable bonds is 5. The van der Waals surface area contributed by atoms with Crippen LogP contribution in [-0.2, 0) is 10.0 Å². The molecule has 0 atom stereocenters. The van der Waals surface area contributed by atoms with Gasteiger partial charge in [0.05, 0.1) is 17.3 Å². The molecule has 3 rings (SSSR count). The number of nitrogens with zero attached hydrogens (tertiary/aromatic N) is 1. The molecule has 0 radical (unpaired) electrons. The van der Waals surface area contributed by atoms with Crippen LogP contribution >= 0.6 is 23.2 Å². The van der Waals surface area contributed by atoms with Crippen LogP contribution < -0.4 is 13.8 Å². The molecule has 25 heavy (non-hydrogen) atoms. The molecule has 2 aromatic carbocycles. The second-order valence-electron chi connectivity index (χ2n) is 5.23. The van der Waals surface area contributed by atoms with Gasteiger partial charge in [0.25, 0.3) is 10.0 Å². The Balaban J connectivity index is 2.09. The Morgan fingerprint density at radius 3 is 2.52 bits per heavy atom. The first-order valence-electron chi connectivity index (χ1n) is 7.42. The van der Waals surface area contributed by atoms with E-state index in [4.69, 9.17) is 32.7 Å². The molecule has 5 nitrogen and oxygen atoms in total. The Kier molecular flexibility index (Phi) is 5.13. The van der Waals surface area contributed by atoms with E-state index in [1.54, 1.807) is 18.2 Å². The molecule has 0 bridgehead atoms. The summed E-state index contributed by atoms with van der Waals surface area (Å²) in [7, 11) is -3.95. The molecule has 0 aromatic heterocycles. The predicted molar refractivity (Wildman–Crippen MR) is 98.6 cm³/mol. The van der Waals surface area contributed by atoms with E-state index in [1.165, 1.54) is 28.6 Å². The Morgan fingerprint density at radius 2 is 1.80 bits per heavy atom. The van der Waals surface area contributed by atoms with E-state index >= 15 is 0 Å². The lowest BCUT2D eigenvalue weighted by molar-refractivity contribution is 0.171. The first-order chi connectivity index (χ1) is 11.9. The summed E-state index contributed by atoms with van der Waals surface area (Å²) in [6.07, 6.45) is 1.49. The molecular formula is C17H15Cl2NO4S. The molecular weight excluding hydrogens is 385 g/mol. The molecule has 1 heterocycles. The van der Waals surface area contributed by atoms with Crippen LogP contribution in [0.4, 0.5) is 5.69 Å². The van der Waals surface area contributed by atoms with Crippen molar-refractivity contribution in [1.29, 1.82) is 0 Å². The quantitative estimate of drug-likeness (QED) is 0.708. The van der Waals surface area contributed by atoms with Crippen molar-refractivity contribution in [3.05, 3.63) is 59.1 Å². The van der Waals surface area contributed by atoms with Gasteiger partial charge in [-0.05, 0) is 30.3 Å². The third kappa shape index (κ3) is 3.56. The molecule has 0 saturated carbocycles. The Bertz CT molecular complexity index is 915. The minimum Gasteiger partial charge on any atom is -0.486 e. The van der Waals surface area contributed by atoms with Gasteiger partial charge in [0.2, 0.25) is 0 Å². The van der Waals surface area contributed by atoms with Crippen molar-refractivity contribution in [3.8, 4) is 11.5 Å². The smallest absolute Gasteiger partial charge is 0.266 e. The molecule has 0 spiro atoms. The second-order valence-corrected chi connectivity index (χ2v) is 7.90. The summed E-state index contributed by atoms with van der Waals surface area (Å²) in [5, 5.41) is 0.375. The number of anilines is 1. The van der Waals surface area contributed by atoms with Crippen molar-refractivity contribution in [2.24, 2.45) is 0 Å². The number of ether oxygens (including phenoxy) is 2. The molecule has 0 N–H and O–H groups in total. The van der Waals surface area contributed by atoms with Gasteiger partial charge in [0, 0.05) is 11.1 Å². The summed E-state index contributed by atoms with van der Waals surface area (Å²) in [5.74, 6) is 1.07. The number of halogens is 2. The van der Waals surface area contributed by atoms with E-state index in [1.807, 2.05) is 0 Å². The van der Waals surface area contributed by atoms with E-state index < -0.39 is 10.0 Å². The maximum absolute atomic E-state index is 13.1. The SMILES string of the molecule is C=CCN(c1ccc2c(c1)OCCO2)S(=O)(=O)c1cc(Cl)ccc1Cl. The van der Waals surface area contributed by atoms with Crippen LogP contribution in [0.3, 0.4) is 0 Å². The van der Waals surface area contributed by atoms with Gasteiger partial charge < -0.3 is 9.47 Å². The minimum atomic E-state index is -3.95. The van der Waals surface area contributed by atoms with Gasteiger partial charge >= 0.3 is 0 Å². The maximum atomic E-state index is 13.1. The summed E-state index contributed by atoms with van der Waals surface area (Å²) in [5.41, 5.74) is 0.417. The molecule has 0 aliphatic carbocycles. The van der Waals surface area contributed by atoms with Gasteiger partial charge in [-0.25, -0.2) is 8.42 Å². The summed E-state index contributed by atoms with van der Waals surface area (Å²) in [6, 6.07) is 9.25. The number of hydrogen-bond acceptors (Lipinski definition) is 4. The van der Waals surface area contributed by atoms with Crippen LogP contribution in [0.5, 0.6) is 11.5 Å². The molecule has 2 aromatic rings. The highest BCUT2D eigenvalue weighted by molar-refractivity contribution is 7.93. The molecule has 0 amide bonds. The predicted octanol–water partition coefficient (Wildman–Crippen LogP) is 4.15. The summed E-state index contributed by atoms with van der Waals surface area (Å²) >= 11 is 12.0. The van der Waals surface area contributed by atoms with Crippen LogP contribution in [0.1, 0.15) is 0 Å². The van der Waals surface area contributed by atoms with Crippen molar-refractivity contribution < 1.29 is 17.9 Å². The van der Waals surface area contributed by atoms with E-state index in [9.17, 15) is 8.42 Å². The monoisotopic (exact) mass is 399 g/mol. The first kappa shape index (κ1) is 17.9. The Labute approximate surface area is 156 Å². The van der Waals surface area contributed by atoms with Gasteiger partial charge in [-0.1, -0.05) is 29.3 Å². The van der Waals surface area contributed by atoms with Gasteiger partial charge in [0.15, 0.2) is 11.5 Å². The van der Waals surface area contributed by atoms with Crippen LogP contribution in [0.15, 0.2) is 53.9 Å². The zero-order chi connectivity index (χ0) is 18.0. The maximum Gasteiger partial charge on any atom is 0.266 e. The molecule has 1 aliphatic heterocycles. The largest absolute Gasteiger partial charge is 0.486 e. The summed E-state index contributed by atoms with van der Waals surface area (Å²) in [6.45, 7) is 4.56. The van der Waals surface area contributed by atoms with Crippen molar-refractivity contribution in [1.82, 2.24) is 0 Å². The fourth-order valence-electron chi connectivity index (χ4n) is 2.44. The standard InChI is InChI=1S/C17H15Cl2NO4S/c1-2-7-20(13-4-6-15-16(11-13)24-9-8-23-15)25(21,22)17-10-12(18)3-5-14(17)19/h2-6,10-11H,1,7-9H2. The van der Waals surface area contributed by atoms with Gasteiger partial charge in [0.1, 0.15) is 18.1 Å². The van der Waals surface area contributed by atoms with Crippen LogP contribution in [0.2, 0.25) is 10.0 Å². The molecule has 132 valence electrons. The van der Waals surface area contributed by atoms with E-state index in [2.05, 4.69) is 6.58 Å². The van der Waals surface area contributed by atoms with Gasteiger partial charge in [-0.15, -0.1) is 6.58 Å². The van der Waals surface area contributed by atoms with Crippen LogP contribution in [0.25, 0.3) is 0 Å². The highest BCUT2D eigenvalue weighted by Gasteiger charge is 2.28. The number of hydrogen-bond donors (Lipinski definition) is 0. The highest BCUT2D eigenvalue weighted by Crippen LogP contribution is 2.37. The van der Waals surface area contributed by atoms with Gasteiger partial charge in [-0.2, -0.15) is 0 Å². The van der Waals surface area contributed by atoms with E-state index in [0.29, 0.717) is 30.4 Å². The molecule has 0 unspecified atom stereocenters. The Morgan fingerprint density at radius 1 is 1.08 bits per heavy atom. The first-order valence-corrected chi connectivity index (χ1v) is 9.61. The third-order valence-electron chi connectivity index (χ3n) is 3.57. The van der Waals surface area contributed by atoms with E-state index in [-0.39, 0.29) is 21.5 Å². The normalized spacial score (nSPS) is 13.4. The molecule has 0 fully saturated rings. The lowest BCUT2D eigenvalue weighted by Crippen LogP contribution is -2.31. The summed E-state index contributed by atoms with van der Waals surface area (Å²) in [4.78, 5) is -0.0709. The topological polar surface area (TPSA) is 55.8 Å². The number of benzene rings is 2. The van der Waals surface area contributed by atoms with Crippen molar-refractivity contribution in [3.63, 3.8) is 0 Å². The lowest BCUT2D eigenvalue weighted by Gasteiger charge is -2.26. The molecule has 1 aliphatic rings. The van der Waals surface area contributed by atoms with Crippen LogP contribution in [0, 0.1) is 0 Å². The van der Waals surface area contributed by atoms with Crippen molar-refractivity contribution >= 4 is 38.9 Å². The molecule has 0 saturated heterocycles. The Hall–Kier alpha value is -1.89. The lowest BCUT2D eigenvalue weighted by atomic mass is 10.2. The van der Waals surface area contributed by atoms with Gasteiger partial charge in [-0.3, -0.25) is 4.31 Å². The zero-order valence-electron chi connectivity index (χ0n) is 13.1. The van der Waals surface area contributed by atoms with Crippen molar-refractivity contribution in [2.45, 2.75) is 4.90 Å². The number of fused-ring (bicyclic) bond motifs is 1.